The molecule has 0 aliphatic heterocycles. The number of benzene rings is 1. The number of nitrogens with zero attached hydrogens (tertiary/aromatic N) is 1. The Morgan fingerprint density at radius 3 is 2.95 bits per heavy atom. The second kappa shape index (κ2) is 7.58. The summed E-state index contributed by atoms with van der Waals surface area (Å²) in [5.74, 6) is 1.20. The highest BCUT2D eigenvalue weighted by atomic mass is 16.5. The number of ether oxygens (including phenoxy) is 1. The zero-order valence-corrected chi connectivity index (χ0v) is 12.1. The first kappa shape index (κ1) is 14.4. The highest BCUT2D eigenvalue weighted by molar-refractivity contribution is 5.93. The monoisotopic (exact) mass is 273 g/mol. The quantitative estimate of drug-likeness (QED) is 0.491. The molecule has 0 saturated carbocycles. The maximum Gasteiger partial charge on any atom is 0.193 e. The van der Waals surface area contributed by atoms with Gasteiger partial charge in [0.25, 0.3) is 0 Å². The molecule has 0 bridgehead atoms. The van der Waals surface area contributed by atoms with Crippen LogP contribution in [0.5, 0.6) is 5.75 Å². The molecule has 1 aromatic rings. The molecule has 4 heteroatoms. The van der Waals surface area contributed by atoms with Gasteiger partial charge in [-0.2, -0.15) is 0 Å². The van der Waals surface area contributed by atoms with Gasteiger partial charge in [0.05, 0.1) is 12.8 Å². The van der Waals surface area contributed by atoms with Gasteiger partial charge in [0.1, 0.15) is 5.75 Å². The van der Waals surface area contributed by atoms with Gasteiger partial charge in [0, 0.05) is 6.54 Å². The van der Waals surface area contributed by atoms with Crippen LogP contribution in [0.4, 0.5) is 5.69 Å². The Morgan fingerprint density at radius 1 is 1.35 bits per heavy atom. The topological polar surface area (TPSA) is 59.6 Å². The second-order valence-corrected chi connectivity index (χ2v) is 4.95. The first-order valence-electron chi connectivity index (χ1n) is 7.17. The lowest BCUT2D eigenvalue weighted by atomic mass is 9.97. The van der Waals surface area contributed by atoms with E-state index in [4.69, 9.17) is 10.5 Å². The number of rotatable bonds is 5. The number of anilines is 1. The van der Waals surface area contributed by atoms with Crippen LogP contribution < -0.4 is 15.8 Å². The molecule has 0 spiro atoms. The molecule has 0 heterocycles. The lowest BCUT2D eigenvalue weighted by molar-refractivity contribution is 0.417. The molecule has 3 N–H and O–H groups in total. The maximum atomic E-state index is 5.91. The molecule has 1 aliphatic rings. The van der Waals surface area contributed by atoms with Crippen LogP contribution in [0.3, 0.4) is 0 Å². The SMILES string of the molecule is COc1ccccc1NC(N)=NCCC1=CCCCC1. The van der Waals surface area contributed by atoms with Crippen LogP contribution in [0.1, 0.15) is 32.1 Å². The summed E-state index contributed by atoms with van der Waals surface area (Å²) in [4.78, 5) is 4.38. The maximum absolute atomic E-state index is 5.91. The predicted octanol–water partition coefficient (Wildman–Crippen LogP) is 3.31. The van der Waals surface area contributed by atoms with Gasteiger partial charge in [0.15, 0.2) is 5.96 Å². The number of methoxy groups -OCH3 is 1. The van der Waals surface area contributed by atoms with E-state index in [9.17, 15) is 0 Å². The summed E-state index contributed by atoms with van der Waals surface area (Å²) in [5.41, 5.74) is 8.27. The van der Waals surface area contributed by atoms with Crippen LogP contribution >= 0.6 is 0 Å². The van der Waals surface area contributed by atoms with Gasteiger partial charge in [0.2, 0.25) is 0 Å². The van der Waals surface area contributed by atoms with Crippen molar-refractivity contribution in [2.75, 3.05) is 19.0 Å². The molecule has 0 atom stereocenters. The molecule has 4 nitrogen and oxygen atoms in total. The van der Waals surface area contributed by atoms with Gasteiger partial charge in [-0.25, -0.2) is 0 Å². The largest absolute Gasteiger partial charge is 0.495 e. The zero-order chi connectivity index (χ0) is 14.2. The molecule has 108 valence electrons. The lowest BCUT2D eigenvalue weighted by Gasteiger charge is -2.12. The van der Waals surface area contributed by atoms with Crippen LogP contribution in [-0.2, 0) is 0 Å². The van der Waals surface area contributed by atoms with E-state index in [2.05, 4.69) is 16.4 Å². The van der Waals surface area contributed by atoms with Gasteiger partial charge in [-0.15, -0.1) is 0 Å². The van der Waals surface area contributed by atoms with Crippen molar-refractivity contribution >= 4 is 11.6 Å². The molecular weight excluding hydrogens is 250 g/mol. The van der Waals surface area contributed by atoms with Crippen molar-refractivity contribution in [1.82, 2.24) is 0 Å². The third kappa shape index (κ3) is 4.30. The molecule has 0 fully saturated rings. The summed E-state index contributed by atoms with van der Waals surface area (Å²) in [6.07, 6.45) is 8.43. The third-order valence-corrected chi connectivity index (χ3v) is 3.47. The second-order valence-electron chi connectivity index (χ2n) is 4.95. The van der Waals surface area contributed by atoms with Crippen LogP contribution in [0, 0.1) is 0 Å². The molecular formula is C16H23N3O. The summed E-state index contributed by atoms with van der Waals surface area (Å²) >= 11 is 0. The number of guanidine groups is 1. The van der Waals surface area contributed by atoms with E-state index in [0.717, 1.165) is 24.4 Å². The molecule has 0 aromatic heterocycles. The predicted molar refractivity (Wildman–Crippen MR) is 84.3 cm³/mol. The Labute approximate surface area is 120 Å². The highest BCUT2D eigenvalue weighted by Crippen LogP contribution is 2.23. The minimum atomic E-state index is 0.436. The van der Waals surface area contributed by atoms with E-state index in [-0.39, 0.29) is 0 Å². The number of hydrogen-bond donors (Lipinski definition) is 2. The number of allylic oxidation sites excluding steroid dienone is 1. The standard InChI is InChI=1S/C16H23N3O/c1-20-15-10-6-5-9-14(15)19-16(17)18-12-11-13-7-3-2-4-8-13/h5-7,9-10H,2-4,8,11-12H2,1H3,(H3,17,18,19). The molecule has 0 amide bonds. The third-order valence-electron chi connectivity index (χ3n) is 3.47. The molecule has 20 heavy (non-hydrogen) atoms. The molecule has 0 saturated heterocycles. The Bertz CT molecular complexity index is 494. The first-order chi connectivity index (χ1) is 9.79. The Kier molecular flexibility index (Phi) is 5.47. The minimum absolute atomic E-state index is 0.436. The summed E-state index contributed by atoms with van der Waals surface area (Å²) in [7, 11) is 1.64. The van der Waals surface area contributed by atoms with E-state index in [1.807, 2.05) is 24.3 Å². The minimum Gasteiger partial charge on any atom is -0.495 e. The van der Waals surface area contributed by atoms with Crippen molar-refractivity contribution in [3.05, 3.63) is 35.9 Å². The molecule has 2 rings (SSSR count). The Morgan fingerprint density at radius 2 is 2.20 bits per heavy atom. The Hall–Kier alpha value is -1.97. The molecule has 1 aromatic carbocycles. The van der Waals surface area contributed by atoms with Crippen molar-refractivity contribution < 1.29 is 4.74 Å². The van der Waals surface area contributed by atoms with Gasteiger partial charge >= 0.3 is 0 Å². The summed E-state index contributed by atoms with van der Waals surface area (Å²) < 4.78 is 5.26. The van der Waals surface area contributed by atoms with E-state index in [1.54, 1.807) is 7.11 Å². The fraction of sp³-hybridized carbons (Fsp3) is 0.438. The van der Waals surface area contributed by atoms with Crippen molar-refractivity contribution in [3.8, 4) is 5.75 Å². The number of para-hydroxylation sites is 2. The molecule has 1 aliphatic carbocycles. The normalized spacial score (nSPS) is 15.7. The van der Waals surface area contributed by atoms with Crippen molar-refractivity contribution in [2.45, 2.75) is 32.1 Å². The fourth-order valence-electron chi connectivity index (χ4n) is 2.38. The van der Waals surface area contributed by atoms with Crippen molar-refractivity contribution in [1.29, 1.82) is 0 Å². The Balaban J connectivity index is 1.85. The highest BCUT2D eigenvalue weighted by Gasteiger charge is 2.04. The van der Waals surface area contributed by atoms with Gasteiger partial charge in [-0.05, 0) is 44.2 Å². The molecule has 0 unspecified atom stereocenters. The average Bonchev–Trinajstić information content (AvgIpc) is 2.49. The van der Waals surface area contributed by atoms with Crippen LogP contribution in [-0.4, -0.2) is 19.6 Å². The summed E-state index contributed by atoms with van der Waals surface area (Å²) in [5, 5.41) is 3.08. The summed E-state index contributed by atoms with van der Waals surface area (Å²) in [6.45, 7) is 0.736. The van der Waals surface area contributed by atoms with Crippen LogP contribution in [0.25, 0.3) is 0 Å². The van der Waals surface area contributed by atoms with E-state index >= 15 is 0 Å². The number of aliphatic imine (C=N–C) groups is 1. The number of nitrogens with one attached hydrogen (secondary N) is 1. The van der Waals surface area contributed by atoms with Gasteiger partial charge in [-0.3, -0.25) is 4.99 Å². The van der Waals surface area contributed by atoms with Crippen LogP contribution in [0.15, 0.2) is 40.9 Å². The van der Waals surface area contributed by atoms with Gasteiger partial charge in [-0.1, -0.05) is 23.8 Å². The van der Waals surface area contributed by atoms with Gasteiger partial charge < -0.3 is 15.8 Å². The van der Waals surface area contributed by atoms with Crippen LogP contribution in [0.2, 0.25) is 0 Å². The first-order valence-corrected chi connectivity index (χ1v) is 7.17. The van der Waals surface area contributed by atoms with E-state index < -0.39 is 0 Å². The van der Waals surface area contributed by atoms with E-state index in [1.165, 1.54) is 31.3 Å². The molecule has 0 radical (unpaired) electrons. The van der Waals surface area contributed by atoms with E-state index in [0.29, 0.717) is 5.96 Å². The van der Waals surface area contributed by atoms with Crippen molar-refractivity contribution in [3.63, 3.8) is 0 Å². The number of nitrogens with two attached hydrogens (primary N) is 1. The lowest BCUT2D eigenvalue weighted by Crippen LogP contribution is -2.23. The average molecular weight is 273 g/mol. The van der Waals surface area contributed by atoms with Crippen molar-refractivity contribution in [2.24, 2.45) is 10.7 Å². The zero-order valence-electron chi connectivity index (χ0n) is 12.1. The fourth-order valence-corrected chi connectivity index (χ4v) is 2.38. The number of hydrogen-bond acceptors (Lipinski definition) is 2. The smallest absolute Gasteiger partial charge is 0.193 e. The summed E-state index contributed by atoms with van der Waals surface area (Å²) in [6, 6.07) is 7.67.